The summed E-state index contributed by atoms with van der Waals surface area (Å²) in [5.41, 5.74) is 0.0238. The summed E-state index contributed by atoms with van der Waals surface area (Å²) in [6.45, 7) is 0.283. The van der Waals surface area contributed by atoms with E-state index >= 15 is 0 Å². The van der Waals surface area contributed by atoms with Crippen LogP contribution in [0.25, 0.3) is 0 Å². The van der Waals surface area contributed by atoms with Crippen molar-refractivity contribution in [3.63, 3.8) is 0 Å². The fraction of sp³-hybridized carbons (Fsp3) is 0.385. The van der Waals surface area contributed by atoms with Crippen LogP contribution in [0.1, 0.15) is 29.6 Å². The van der Waals surface area contributed by atoms with E-state index in [9.17, 15) is 14.0 Å². The van der Waals surface area contributed by atoms with Gasteiger partial charge in [0, 0.05) is 19.0 Å². The molecule has 1 aromatic rings. The second-order valence-corrected chi connectivity index (χ2v) is 5.43. The lowest BCUT2D eigenvalue weighted by Gasteiger charge is -2.23. The fourth-order valence-electron chi connectivity index (χ4n) is 2.04. The Morgan fingerprint density at radius 1 is 1.40 bits per heavy atom. The predicted molar refractivity (Wildman–Crippen MR) is 74.5 cm³/mol. The molecule has 108 valence electrons. The lowest BCUT2D eigenvalue weighted by molar-refractivity contribution is -0.123. The van der Waals surface area contributed by atoms with Gasteiger partial charge in [0.25, 0.3) is 5.91 Å². The Morgan fingerprint density at radius 3 is 2.85 bits per heavy atom. The molecule has 0 radical (unpaired) electrons. The van der Waals surface area contributed by atoms with Crippen molar-refractivity contribution in [2.24, 2.45) is 0 Å². The Bertz CT molecular complexity index is 551. The number of rotatable bonds is 3. The van der Waals surface area contributed by atoms with E-state index in [4.69, 9.17) is 23.2 Å². The molecule has 1 saturated heterocycles. The first-order valence-electron chi connectivity index (χ1n) is 6.19. The minimum atomic E-state index is -0.702. The van der Waals surface area contributed by atoms with Gasteiger partial charge >= 0.3 is 0 Å². The topological polar surface area (TPSA) is 58.2 Å². The second kappa shape index (κ2) is 6.41. The van der Waals surface area contributed by atoms with Crippen molar-refractivity contribution in [1.29, 1.82) is 0 Å². The first kappa shape index (κ1) is 15.1. The average Bonchev–Trinajstić information content (AvgIpc) is 2.40. The molecule has 0 bridgehead atoms. The van der Waals surface area contributed by atoms with Crippen molar-refractivity contribution in [3.8, 4) is 0 Å². The molecule has 7 heteroatoms. The smallest absolute Gasteiger partial charge is 0.252 e. The number of amides is 2. The summed E-state index contributed by atoms with van der Waals surface area (Å²) < 4.78 is 13.3. The summed E-state index contributed by atoms with van der Waals surface area (Å²) in [7, 11) is 0. The van der Waals surface area contributed by atoms with Crippen LogP contribution in [0, 0.1) is 5.82 Å². The van der Waals surface area contributed by atoms with Crippen LogP contribution in [-0.4, -0.2) is 24.4 Å². The zero-order chi connectivity index (χ0) is 14.7. The second-order valence-electron chi connectivity index (χ2n) is 4.61. The summed E-state index contributed by atoms with van der Waals surface area (Å²) in [6.07, 6.45) is 2.11. The number of carbonyl (C=O) groups excluding carboxylic acids is 2. The van der Waals surface area contributed by atoms with Crippen LogP contribution < -0.4 is 10.6 Å². The van der Waals surface area contributed by atoms with Gasteiger partial charge in [-0.3, -0.25) is 9.59 Å². The van der Waals surface area contributed by atoms with Crippen molar-refractivity contribution in [2.75, 3.05) is 6.54 Å². The molecule has 2 amide bonds. The van der Waals surface area contributed by atoms with Crippen LogP contribution >= 0.6 is 23.2 Å². The maximum absolute atomic E-state index is 13.3. The van der Waals surface area contributed by atoms with Gasteiger partial charge in [0.1, 0.15) is 5.82 Å². The number of piperidine rings is 1. The van der Waals surface area contributed by atoms with Crippen molar-refractivity contribution in [1.82, 2.24) is 10.6 Å². The number of carbonyl (C=O) groups is 2. The number of halogens is 3. The van der Waals surface area contributed by atoms with Gasteiger partial charge in [0.2, 0.25) is 5.91 Å². The van der Waals surface area contributed by atoms with Crippen LogP contribution in [-0.2, 0) is 4.79 Å². The lowest BCUT2D eigenvalue weighted by Crippen LogP contribution is -2.46. The SMILES string of the molecule is O=C1CCC[C@H](CNC(=O)c2cc(F)c(Cl)cc2Cl)N1. The van der Waals surface area contributed by atoms with Gasteiger partial charge in [-0.25, -0.2) is 4.39 Å². The van der Waals surface area contributed by atoms with E-state index in [1.54, 1.807) is 0 Å². The van der Waals surface area contributed by atoms with Crippen molar-refractivity contribution >= 4 is 35.0 Å². The Labute approximate surface area is 125 Å². The van der Waals surface area contributed by atoms with Gasteiger partial charge < -0.3 is 10.6 Å². The summed E-state index contributed by atoms with van der Waals surface area (Å²) >= 11 is 11.4. The minimum Gasteiger partial charge on any atom is -0.352 e. The third kappa shape index (κ3) is 3.61. The van der Waals surface area contributed by atoms with Gasteiger partial charge in [-0.2, -0.15) is 0 Å². The molecule has 20 heavy (non-hydrogen) atoms. The lowest BCUT2D eigenvalue weighted by atomic mass is 10.0. The third-order valence-electron chi connectivity index (χ3n) is 3.09. The standard InChI is InChI=1S/C13H13Cl2FN2O2/c14-9-5-10(15)11(16)4-8(9)13(20)17-6-7-2-1-3-12(19)18-7/h4-5,7H,1-3,6H2,(H,17,20)(H,18,19)/t7-/m1/s1. The van der Waals surface area contributed by atoms with E-state index in [2.05, 4.69) is 10.6 Å². The Kier molecular flexibility index (Phi) is 4.83. The zero-order valence-electron chi connectivity index (χ0n) is 10.5. The molecule has 0 aromatic heterocycles. The predicted octanol–water partition coefficient (Wildman–Crippen LogP) is 2.53. The molecule has 0 unspecified atom stereocenters. The summed E-state index contributed by atoms with van der Waals surface area (Å²) in [4.78, 5) is 23.2. The van der Waals surface area contributed by atoms with Crippen molar-refractivity contribution in [3.05, 3.63) is 33.6 Å². The molecule has 1 fully saturated rings. The Balaban J connectivity index is 1.98. The Morgan fingerprint density at radius 2 is 2.15 bits per heavy atom. The van der Waals surface area contributed by atoms with E-state index in [1.165, 1.54) is 6.07 Å². The molecule has 0 aliphatic carbocycles. The van der Waals surface area contributed by atoms with Crippen LogP contribution in [0.15, 0.2) is 12.1 Å². The molecule has 0 saturated carbocycles. The van der Waals surface area contributed by atoms with Gasteiger partial charge in [-0.05, 0) is 25.0 Å². The summed E-state index contributed by atoms with van der Waals surface area (Å²) in [5.74, 6) is -1.22. The maximum Gasteiger partial charge on any atom is 0.252 e. The summed E-state index contributed by atoms with van der Waals surface area (Å²) in [6, 6.07) is 2.09. The van der Waals surface area contributed by atoms with E-state index < -0.39 is 11.7 Å². The molecule has 2 rings (SSSR count). The normalized spacial score (nSPS) is 18.6. The molecule has 1 aliphatic rings. The highest BCUT2D eigenvalue weighted by molar-refractivity contribution is 6.36. The molecular formula is C13H13Cl2FN2O2. The quantitative estimate of drug-likeness (QED) is 0.841. The molecular weight excluding hydrogens is 306 g/mol. The molecule has 2 N–H and O–H groups in total. The summed E-state index contributed by atoms with van der Waals surface area (Å²) in [5, 5.41) is 5.36. The number of hydrogen-bond donors (Lipinski definition) is 2. The molecule has 1 heterocycles. The van der Waals surface area contributed by atoms with E-state index in [0.29, 0.717) is 6.42 Å². The van der Waals surface area contributed by atoms with E-state index in [1.807, 2.05) is 0 Å². The highest BCUT2D eigenvalue weighted by Crippen LogP contribution is 2.24. The first-order valence-corrected chi connectivity index (χ1v) is 6.95. The van der Waals surface area contributed by atoms with Crippen LogP contribution in [0.2, 0.25) is 10.0 Å². The first-order chi connectivity index (χ1) is 9.47. The van der Waals surface area contributed by atoms with Gasteiger partial charge in [0.05, 0.1) is 15.6 Å². The van der Waals surface area contributed by atoms with E-state index in [-0.39, 0.29) is 34.1 Å². The van der Waals surface area contributed by atoms with Gasteiger partial charge in [-0.1, -0.05) is 23.2 Å². The van der Waals surface area contributed by atoms with E-state index in [0.717, 1.165) is 18.9 Å². The molecule has 1 aromatic carbocycles. The number of hydrogen-bond acceptors (Lipinski definition) is 2. The van der Waals surface area contributed by atoms with Crippen molar-refractivity contribution in [2.45, 2.75) is 25.3 Å². The van der Waals surface area contributed by atoms with Crippen LogP contribution in [0.3, 0.4) is 0 Å². The van der Waals surface area contributed by atoms with Gasteiger partial charge in [-0.15, -0.1) is 0 Å². The number of benzene rings is 1. The van der Waals surface area contributed by atoms with Crippen LogP contribution in [0.5, 0.6) is 0 Å². The zero-order valence-corrected chi connectivity index (χ0v) is 12.0. The molecule has 4 nitrogen and oxygen atoms in total. The number of nitrogens with one attached hydrogen (secondary N) is 2. The molecule has 1 aliphatic heterocycles. The fourth-order valence-corrected chi connectivity index (χ4v) is 2.51. The monoisotopic (exact) mass is 318 g/mol. The molecule has 0 spiro atoms. The van der Waals surface area contributed by atoms with Crippen molar-refractivity contribution < 1.29 is 14.0 Å². The largest absolute Gasteiger partial charge is 0.352 e. The third-order valence-corrected chi connectivity index (χ3v) is 3.69. The Hall–Kier alpha value is -1.33. The molecule has 1 atom stereocenters. The van der Waals surface area contributed by atoms with Crippen LogP contribution in [0.4, 0.5) is 4.39 Å². The highest BCUT2D eigenvalue weighted by atomic mass is 35.5. The average molecular weight is 319 g/mol. The highest BCUT2D eigenvalue weighted by Gasteiger charge is 2.20. The maximum atomic E-state index is 13.3. The van der Waals surface area contributed by atoms with Gasteiger partial charge in [0.15, 0.2) is 0 Å². The minimum absolute atomic E-state index is 0.0222.